The van der Waals surface area contributed by atoms with Crippen LogP contribution in [0.15, 0.2) is 53.9 Å². The zero-order valence-corrected chi connectivity index (χ0v) is 17.5. The maximum absolute atomic E-state index is 12.2. The van der Waals surface area contributed by atoms with E-state index in [4.69, 9.17) is 9.47 Å². The summed E-state index contributed by atoms with van der Waals surface area (Å²) in [5.41, 5.74) is 3.41. The van der Waals surface area contributed by atoms with Gasteiger partial charge in [0.1, 0.15) is 17.4 Å². The van der Waals surface area contributed by atoms with E-state index in [-0.39, 0.29) is 24.9 Å². The second-order valence-corrected chi connectivity index (χ2v) is 7.89. The van der Waals surface area contributed by atoms with Gasteiger partial charge < -0.3 is 14.4 Å². The van der Waals surface area contributed by atoms with E-state index >= 15 is 0 Å². The smallest absolute Gasteiger partial charge is 0.310 e. The molecule has 0 N–H and O–H groups in total. The molecule has 0 unspecified atom stereocenters. The third kappa shape index (κ3) is 4.68. The molecule has 0 atom stereocenters. The van der Waals surface area contributed by atoms with Gasteiger partial charge >= 0.3 is 5.97 Å². The highest BCUT2D eigenvalue weighted by Crippen LogP contribution is 2.27. The fraction of sp³-hybridized carbons (Fsp3) is 0.261. The summed E-state index contributed by atoms with van der Waals surface area (Å²) in [7, 11) is 1.63. The van der Waals surface area contributed by atoms with Gasteiger partial charge in [0.05, 0.1) is 19.2 Å². The lowest BCUT2D eigenvalue weighted by Gasteiger charge is -2.15. The van der Waals surface area contributed by atoms with Crippen molar-refractivity contribution < 1.29 is 19.1 Å². The molecule has 0 radical (unpaired) electrons. The van der Waals surface area contributed by atoms with Gasteiger partial charge in [-0.1, -0.05) is 24.3 Å². The van der Waals surface area contributed by atoms with E-state index in [0.29, 0.717) is 12.1 Å². The van der Waals surface area contributed by atoms with Gasteiger partial charge in [0.15, 0.2) is 0 Å². The van der Waals surface area contributed by atoms with Crippen LogP contribution in [0.25, 0.3) is 10.6 Å². The Kier molecular flexibility index (Phi) is 6.09. The number of nitrogens with zero attached hydrogens (tertiary/aromatic N) is 2. The Balaban J connectivity index is 1.31. The van der Waals surface area contributed by atoms with E-state index in [0.717, 1.165) is 40.5 Å². The first-order valence-corrected chi connectivity index (χ1v) is 10.6. The van der Waals surface area contributed by atoms with E-state index in [9.17, 15) is 9.59 Å². The summed E-state index contributed by atoms with van der Waals surface area (Å²) in [6, 6.07) is 15.2. The van der Waals surface area contributed by atoms with Crippen molar-refractivity contribution in [2.45, 2.75) is 25.9 Å². The maximum Gasteiger partial charge on any atom is 0.310 e. The molecule has 0 aliphatic carbocycles. The minimum Gasteiger partial charge on any atom is -0.497 e. The van der Waals surface area contributed by atoms with Crippen molar-refractivity contribution in [2.75, 3.05) is 18.6 Å². The molecular formula is C23H22N2O4S. The Hall–Kier alpha value is -3.19. The quantitative estimate of drug-likeness (QED) is 0.533. The van der Waals surface area contributed by atoms with Crippen LogP contribution in [-0.4, -0.2) is 30.5 Å². The predicted octanol–water partition coefficient (Wildman–Crippen LogP) is 4.23. The van der Waals surface area contributed by atoms with E-state index in [1.54, 1.807) is 12.0 Å². The van der Waals surface area contributed by atoms with Gasteiger partial charge in [-0.15, -0.1) is 11.3 Å². The van der Waals surface area contributed by atoms with E-state index < -0.39 is 0 Å². The zero-order chi connectivity index (χ0) is 20.9. The van der Waals surface area contributed by atoms with Crippen LogP contribution in [0.1, 0.15) is 24.1 Å². The topological polar surface area (TPSA) is 68.7 Å². The lowest BCUT2D eigenvalue weighted by Crippen LogP contribution is -2.23. The Labute approximate surface area is 179 Å². The van der Waals surface area contributed by atoms with Crippen LogP contribution < -0.4 is 9.64 Å². The molecule has 0 spiro atoms. The number of anilines is 1. The Morgan fingerprint density at radius 3 is 2.77 bits per heavy atom. The molecular weight excluding hydrogens is 400 g/mol. The average molecular weight is 423 g/mol. The van der Waals surface area contributed by atoms with Crippen LogP contribution >= 0.6 is 11.3 Å². The Bertz CT molecular complexity index is 1050. The van der Waals surface area contributed by atoms with Gasteiger partial charge in [-0.3, -0.25) is 9.59 Å². The number of hydrogen-bond donors (Lipinski definition) is 0. The summed E-state index contributed by atoms with van der Waals surface area (Å²) >= 11 is 1.50. The van der Waals surface area contributed by atoms with Crippen molar-refractivity contribution in [1.29, 1.82) is 0 Å². The third-order valence-corrected chi connectivity index (χ3v) is 5.86. The van der Waals surface area contributed by atoms with Crippen LogP contribution in [0.2, 0.25) is 0 Å². The second kappa shape index (κ2) is 9.09. The van der Waals surface area contributed by atoms with Crippen molar-refractivity contribution in [3.05, 3.63) is 65.2 Å². The number of hydrogen-bond acceptors (Lipinski definition) is 6. The molecule has 6 nitrogen and oxygen atoms in total. The van der Waals surface area contributed by atoms with Crippen molar-refractivity contribution >= 4 is 28.9 Å². The second-order valence-electron chi connectivity index (χ2n) is 7.03. The molecule has 4 rings (SSSR count). The van der Waals surface area contributed by atoms with Gasteiger partial charge in [-0.05, 0) is 36.2 Å². The van der Waals surface area contributed by atoms with Gasteiger partial charge in [0.25, 0.3) is 0 Å². The highest BCUT2D eigenvalue weighted by atomic mass is 32.1. The summed E-state index contributed by atoms with van der Waals surface area (Å²) in [5, 5.41) is 2.75. The molecule has 2 aromatic carbocycles. The van der Waals surface area contributed by atoms with Crippen LogP contribution in [0.3, 0.4) is 0 Å². The van der Waals surface area contributed by atoms with Crippen molar-refractivity contribution in [3.63, 3.8) is 0 Å². The number of benzene rings is 2. The molecule has 1 aromatic heterocycles. The highest BCUT2D eigenvalue weighted by Gasteiger charge is 2.21. The van der Waals surface area contributed by atoms with Gasteiger partial charge in [-0.2, -0.15) is 0 Å². The van der Waals surface area contributed by atoms with E-state index in [2.05, 4.69) is 4.98 Å². The number of carbonyl (C=O) groups is 2. The highest BCUT2D eigenvalue weighted by molar-refractivity contribution is 7.13. The maximum atomic E-state index is 12.2. The molecule has 30 heavy (non-hydrogen) atoms. The molecule has 0 saturated carbocycles. The predicted molar refractivity (Wildman–Crippen MR) is 116 cm³/mol. The monoisotopic (exact) mass is 422 g/mol. The SMILES string of the molecule is COc1cccc(-c2nc(COC(=O)Cc3ccc(N4CCCC4=O)cc3)cs2)c1. The number of methoxy groups -OCH3 is 1. The van der Waals surface area contributed by atoms with Crippen LogP contribution in [-0.2, 0) is 27.4 Å². The largest absolute Gasteiger partial charge is 0.497 e. The minimum absolute atomic E-state index is 0.139. The average Bonchev–Trinajstić information content (AvgIpc) is 3.42. The zero-order valence-electron chi connectivity index (χ0n) is 16.7. The number of esters is 1. The number of carbonyl (C=O) groups excluding carboxylic acids is 2. The first-order chi connectivity index (χ1) is 14.6. The van der Waals surface area contributed by atoms with Gasteiger partial charge in [0.2, 0.25) is 5.91 Å². The van der Waals surface area contributed by atoms with Crippen molar-refractivity contribution in [2.24, 2.45) is 0 Å². The molecule has 1 aliphatic heterocycles. The number of amides is 1. The Morgan fingerprint density at radius 1 is 1.20 bits per heavy atom. The van der Waals surface area contributed by atoms with Crippen LogP contribution in [0, 0.1) is 0 Å². The fourth-order valence-corrected chi connectivity index (χ4v) is 4.15. The summed E-state index contributed by atoms with van der Waals surface area (Å²) in [4.78, 5) is 30.4. The van der Waals surface area contributed by atoms with E-state index in [1.807, 2.05) is 53.9 Å². The molecule has 7 heteroatoms. The molecule has 154 valence electrons. The third-order valence-electron chi connectivity index (χ3n) is 4.92. The summed E-state index contributed by atoms with van der Waals surface area (Å²) in [6.07, 6.45) is 1.67. The van der Waals surface area contributed by atoms with Crippen molar-refractivity contribution in [3.8, 4) is 16.3 Å². The summed E-state index contributed by atoms with van der Waals surface area (Å²) < 4.78 is 10.6. The molecule has 1 saturated heterocycles. The van der Waals surface area contributed by atoms with Gasteiger partial charge in [0, 0.05) is 29.6 Å². The lowest BCUT2D eigenvalue weighted by molar-refractivity contribution is -0.144. The minimum atomic E-state index is -0.309. The first kappa shape index (κ1) is 20.1. The standard InChI is InChI=1S/C23H22N2O4S/c1-28-20-5-2-4-17(13-20)23-24-18(15-30-23)14-29-22(27)12-16-7-9-19(10-8-16)25-11-3-6-21(25)26/h2,4-5,7-10,13,15H,3,6,11-12,14H2,1H3. The molecule has 0 bridgehead atoms. The molecule has 2 heterocycles. The molecule has 1 aliphatic rings. The molecule has 1 amide bonds. The molecule has 3 aromatic rings. The summed E-state index contributed by atoms with van der Waals surface area (Å²) in [6.45, 7) is 0.894. The molecule has 1 fully saturated rings. The summed E-state index contributed by atoms with van der Waals surface area (Å²) in [5.74, 6) is 0.616. The Morgan fingerprint density at radius 2 is 2.03 bits per heavy atom. The van der Waals surface area contributed by atoms with Crippen molar-refractivity contribution in [1.82, 2.24) is 4.98 Å². The number of rotatable bonds is 7. The normalized spacial score (nSPS) is 13.5. The first-order valence-electron chi connectivity index (χ1n) is 9.76. The van der Waals surface area contributed by atoms with Crippen LogP contribution in [0.4, 0.5) is 5.69 Å². The van der Waals surface area contributed by atoms with Gasteiger partial charge in [-0.25, -0.2) is 4.98 Å². The number of aromatic nitrogens is 1. The van der Waals surface area contributed by atoms with Crippen LogP contribution in [0.5, 0.6) is 5.75 Å². The number of thiazole rings is 1. The lowest BCUT2D eigenvalue weighted by atomic mass is 10.1. The van der Waals surface area contributed by atoms with E-state index in [1.165, 1.54) is 11.3 Å². The number of ether oxygens (including phenoxy) is 2. The fourth-order valence-electron chi connectivity index (χ4n) is 3.35.